The van der Waals surface area contributed by atoms with Crippen LogP contribution in [0.4, 0.5) is 0 Å². The van der Waals surface area contributed by atoms with Crippen molar-refractivity contribution in [3.8, 4) is 17.0 Å². The lowest BCUT2D eigenvalue weighted by atomic mass is 10.0. The lowest BCUT2D eigenvalue weighted by Gasteiger charge is -2.10. The summed E-state index contributed by atoms with van der Waals surface area (Å²) in [6, 6.07) is 3.87. The van der Waals surface area contributed by atoms with Crippen molar-refractivity contribution in [3.63, 3.8) is 0 Å². The van der Waals surface area contributed by atoms with Gasteiger partial charge in [0, 0.05) is 12.6 Å². The molecule has 0 bridgehead atoms. The van der Waals surface area contributed by atoms with Crippen LogP contribution >= 0.6 is 11.6 Å². The number of methoxy groups -OCH3 is 2. The minimum Gasteiger partial charge on any atom is -0.496 e. The summed E-state index contributed by atoms with van der Waals surface area (Å²) in [5.41, 5.74) is 3.63. The molecule has 1 heterocycles. The predicted octanol–water partition coefficient (Wildman–Crippen LogP) is 3.15. The smallest absolute Gasteiger partial charge is 0.357 e. The fraction of sp³-hybridized carbons (Fsp3) is 0.333. The first-order valence-corrected chi connectivity index (χ1v) is 6.74. The number of carbonyl (C=O) groups excluding carboxylic acids is 1. The third-order valence-electron chi connectivity index (χ3n) is 3.37. The first kappa shape index (κ1) is 15.4. The molecule has 2 aromatic rings. The second-order valence-corrected chi connectivity index (χ2v) is 5.14. The summed E-state index contributed by atoms with van der Waals surface area (Å²) in [5, 5.41) is 4.62. The Labute approximate surface area is 128 Å². The van der Waals surface area contributed by atoms with Crippen molar-refractivity contribution in [2.75, 3.05) is 14.2 Å². The van der Waals surface area contributed by atoms with E-state index in [1.807, 2.05) is 26.0 Å². The number of esters is 1. The van der Waals surface area contributed by atoms with Crippen molar-refractivity contribution in [1.82, 2.24) is 9.78 Å². The molecule has 5 nitrogen and oxygen atoms in total. The summed E-state index contributed by atoms with van der Waals surface area (Å²) < 4.78 is 11.5. The van der Waals surface area contributed by atoms with Gasteiger partial charge in [0.15, 0.2) is 5.69 Å². The molecule has 0 amide bonds. The van der Waals surface area contributed by atoms with Crippen LogP contribution in [0.25, 0.3) is 11.3 Å². The minimum absolute atomic E-state index is 0.230. The second kappa shape index (κ2) is 5.77. The van der Waals surface area contributed by atoms with E-state index in [0.717, 1.165) is 22.4 Å². The normalized spacial score (nSPS) is 10.6. The fourth-order valence-corrected chi connectivity index (χ4v) is 2.64. The summed E-state index contributed by atoms with van der Waals surface area (Å²) in [5.74, 6) is 0.231. The molecular weight excluding hydrogens is 292 g/mol. The van der Waals surface area contributed by atoms with E-state index in [9.17, 15) is 4.79 Å². The van der Waals surface area contributed by atoms with Gasteiger partial charge in [-0.2, -0.15) is 5.10 Å². The van der Waals surface area contributed by atoms with Gasteiger partial charge >= 0.3 is 5.97 Å². The highest BCUT2D eigenvalue weighted by molar-refractivity contribution is 6.35. The average Bonchev–Trinajstić information content (AvgIpc) is 2.73. The van der Waals surface area contributed by atoms with Crippen LogP contribution in [0.5, 0.6) is 5.75 Å². The van der Waals surface area contributed by atoms with Crippen LogP contribution in [-0.4, -0.2) is 30.0 Å². The Hall–Kier alpha value is -2.01. The van der Waals surface area contributed by atoms with E-state index in [1.165, 1.54) is 11.8 Å². The van der Waals surface area contributed by atoms with E-state index in [4.69, 9.17) is 21.1 Å². The van der Waals surface area contributed by atoms with Crippen molar-refractivity contribution < 1.29 is 14.3 Å². The molecular formula is C15H17ClN2O3. The van der Waals surface area contributed by atoms with Crippen molar-refractivity contribution in [2.24, 2.45) is 7.05 Å². The van der Waals surface area contributed by atoms with Crippen molar-refractivity contribution in [1.29, 1.82) is 0 Å². The molecule has 0 aliphatic carbocycles. The molecule has 0 saturated carbocycles. The van der Waals surface area contributed by atoms with Gasteiger partial charge in [-0.1, -0.05) is 17.7 Å². The maximum Gasteiger partial charge on any atom is 0.357 e. The molecule has 0 atom stereocenters. The Morgan fingerprint density at radius 2 is 1.90 bits per heavy atom. The fourth-order valence-electron chi connectivity index (χ4n) is 2.30. The number of halogens is 1. The molecule has 112 valence electrons. The number of hydrogen-bond acceptors (Lipinski definition) is 4. The Morgan fingerprint density at radius 1 is 1.24 bits per heavy atom. The number of benzene rings is 1. The van der Waals surface area contributed by atoms with Crippen molar-refractivity contribution in [3.05, 3.63) is 34.0 Å². The second-order valence-electron chi connectivity index (χ2n) is 4.76. The van der Waals surface area contributed by atoms with Gasteiger partial charge in [0.2, 0.25) is 0 Å². The molecule has 0 aliphatic heterocycles. The Balaban J connectivity index is 2.66. The highest BCUT2D eigenvalue weighted by atomic mass is 35.5. The van der Waals surface area contributed by atoms with Gasteiger partial charge in [0.05, 0.1) is 14.2 Å². The zero-order chi connectivity index (χ0) is 15.7. The molecule has 0 N–H and O–H groups in total. The van der Waals surface area contributed by atoms with Gasteiger partial charge in [-0.15, -0.1) is 0 Å². The lowest BCUT2D eigenvalue weighted by Crippen LogP contribution is -2.08. The number of ether oxygens (including phenoxy) is 2. The Morgan fingerprint density at radius 3 is 2.48 bits per heavy atom. The molecule has 6 heteroatoms. The largest absolute Gasteiger partial charge is 0.496 e. The van der Waals surface area contributed by atoms with E-state index >= 15 is 0 Å². The third-order valence-corrected chi connectivity index (χ3v) is 3.72. The van der Waals surface area contributed by atoms with Crippen LogP contribution in [0.15, 0.2) is 12.1 Å². The standard InChI is InChI=1S/C15H17ClN2O3/c1-8-6-9(2)11(20-4)7-10(8)13-12(16)14(15(19)21-5)18(3)17-13/h6-7H,1-5H3. The van der Waals surface area contributed by atoms with E-state index in [-0.39, 0.29) is 10.7 Å². The van der Waals surface area contributed by atoms with Crippen LogP contribution in [0.3, 0.4) is 0 Å². The number of nitrogens with zero attached hydrogens (tertiary/aromatic N) is 2. The predicted molar refractivity (Wildman–Crippen MR) is 81.0 cm³/mol. The molecule has 1 aromatic carbocycles. The molecule has 2 rings (SSSR count). The van der Waals surface area contributed by atoms with Gasteiger partial charge in [-0.05, 0) is 31.0 Å². The Kier molecular flexibility index (Phi) is 4.23. The van der Waals surface area contributed by atoms with Gasteiger partial charge in [0.25, 0.3) is 0 Å². The topological polar surface area (TPSA) is 53.4 Å². The molecule has 0 aliphatic rings. The van der Waals surface area contributed by atoms with Crippen LogP contribution in [-0.2, 0) is 11.8 Å². The molecule has 21 heavy (non-hydrogen) atoms. The molecule has 0 saturated heterocycles. The van der Waals surface area contributed by atoms with Gasteiger partial charge in [-0.3, -0.25) is 4.68 Å². The van der Waals surface area contributed by atoms with Gasteiger partial charge < -0.3 is 9.47 Å². The van der Waals surface area contributed by atoms with Crippen LogP contribution in [0, 0.1) is 13.8 Å². The number of aromatic nitrogens is 2. The molecule has 0 fully saturated rings. The molecule has 1 aromatic heterocycles. The number of carbonyl (C=O) groups is 1. The highest BCUT2D eigenvalue weighted by Crippen LogP contribution is 2.35. The number of aryl methyl sites for hydroxylation is 3. The molecule has 0 unspecified atom stereocenters. The number of rotatable bonds is 3. The third kappa shape index (κ3) is 2.61. The first-order valence-electron chi connectivity index (χ1n) is 6.37. The monoisotopic (exact) mass is 308 g/mol. The Bertz CT molecular complexity index is 707. The van der Waals surface area contributed by atoms with Gasteiger partial charge in [-0.25, -0.2) is 4.79 Å². The van der Waals surface area contributed by atoms with E-state index < -0.39 is 5.97 Å². The summed E-state index contributed by atoms with van der Waals surface area (Å²) in [6.45, 7) is 3.93. The summed E-state index contributed by atoms with van der Waals surface area (Å²) in [7, 11) is 4.58. The van der Waals surface area contributed by atoms with Gasteiger partial charge in [0.1, 0.15) is 16.5 Å². The maximum atomic E-state index is 11.8. The SMILES string of the molecule is COC(=O)c1c(Cl)c(-c2cc(OC)c(C)cc2C)nn1C. The summed E-state index contributed by atoms with van der Waals surface area (Å²) in [6.07, 6.45) is 0. The lowest BCUT2D eigenvalue weighted by molar-refractivity contribution is 0.0588. The van der Waals surface area contributed by atoms with E-state index in [0.29, 0.717) is 5.69 Å². The zero-order valence-electron chi connectivity index (χ0n) is 12.7. The van der Waals surface area contributed by atoms with Crippen LogP contribution in [0.2, 0.25) is 5.02 Å². The average molecular weight is 309 g/mol. The van der Waals surface area contributed by atoms with E-state index in [1.54, 1.807) is 14.2 Å². The van der Waals surface area contributed by atoms with Crippen molar-refractivity contribution >= 4 is 17.6 Å². The summed E-state index contributed by atoms with van der Waals surface area (Å²) in [4.78, 5) is 11.8. The number of hydrogen-bond donors (Lipinski definition) is 0. The quantitative estimate of drug-likeness (QED) is 0.817. The first-order chi connectivity index (χ1) is 9.90. The molecule has 0 spiro atoms. The summed E-state index contributed by atoms with van der Waals surface area (Å²) >= 11 is 6.32. The minimum atomic E-state index is -0.516. The van der Waals surface area contributed by atoms with Crippen molar-refractivity contribution in [2.45, 2.75) is 13.8 Å². The zero-order valence-corrected chi connectivity index (χ0v) is 13.4. The maximum absolute atomic E-state index is 11.8. The van der Waals surface area contributed by atoms with Crippen LogP contribution in [0.1, 0.15) is 21.6 Å². The highest BCUT2D eigenvalue weighted by Gasteiger charge is 2.23. The van der Waals surface area contributed by atoms with Crippen LogP contribution < -0.4 is 4.74 Å². The van der Waals surface area contributed by atoms with E-state index in [2.05, 4.69) is 5.10 Å². The molecule has 0 radical (unpaired) electrons.